The molecule has 2 heterocycles. The quantitative estimate of drug-likeness (QED) is 0.796. The van der Waals surface area contributed by atoms with Gasteiger partial charge in [0, 0.05) is 17.7 Å². The van der Waals surface area contributed by atoms with Crippen LogP contribution >= 0.6 is 0 Å². The molecule has 0 amide bonds. The van der Waals surface area contributed by atoms with Crippen molar-refractivity contribution in [1.82, 2.24) is 4.98 Å². The van der Waals surface area contributed by atoms with E-state index in [9.17, 15) is 0 Å². The van der Waals surface area contributed by atoms with Crippen LogP contribution < -0.4 is 10.2 Å². The van der Waals surface area contributed by atoms with E-state index in [0.29, 0.717) is 11.8 Å². The zero-order valence-electron chi connectivity index (χ0n) is 13.5. The molecule has 5 heteroatoms. The number of rotatable bonds is 3. The first kappa shape index (κ1) is 15.3. The van der Waals surface area contributed by atoms with Crippen molar-refractivity contribution in [3.63, 3.8) is 0 Å². The number of ether oxygens (including phenoxy) is 1. The Kier molecular flexibility index (Phi) is 3.86. The van der Waals surface area contributed by atoms with Gasteiger partial charge < -0.3 is 14.0 Å². The average Bonchev–Trinajstić information content (AvgIpc) is 2.57. The molecule has 1 saturated heterocycles. The standard InChI is InChI=1S/C15H24BNO3/c1-10(2)11-8-13(18-7)17-9-12(11)16-19-14(3,4)15(5,6)20-16/h8-10H,1-7H3. The highest BCUT2D eigenvalue weighted by molar-refractivity contribution is 6.62. The van der Waals surface area contributed by atoms with Crippen LogP contribution in [0.25, 0.3) is 0 Å². The second-order valence-corrected chi connectivity index (χ2v) is 6.60. The summed E-state index contributed by atoms with van der Waals surface area (Å²) in [7, 11) is 1.25. The third kappa shape index (κ3) is 2.57. The Morgan fingerprint density at radius 3 is 2.15 bits per heavy atom. The number of nitrogens with zero attached hydrogens (tertiary/aromatic N) is 1. The zero-order valence-corrected chi connectivity index (χ0v) is 13.5. The van der Waals surface area contributed by atoms with Crippen LogP contribution in [-0.4, -0.2) is 30.4 Å². The summed E-state index contributed by atoms with van der Waals surface area (Å²) >= 11 is 0. The van der Waals surface area contributed by atoms with E-state index in [0.717, 1.165) is 11.0 Å². The Hall–Kier alpha value is -1.07. The van der Waals surface area contributed by atoms with Crippen LogP contribution in [-0.2, 0) is 9.31 Å². The summed E-state index contributed by atoms with van der Waals surface area (Å²) in [6.07, 6.45) is 1.80. The highest BCUT2D eigenvalue weighted by Crippen LogP contribution is 2.37. The van der Waals surface area contributed by atoms with E-state index in [1.165, 1.54) is 0 Å². The molecule has 1 aliphatic heterocycles. The molecular weight excluding hydrogens is 253 g/mol. The molecule has 110 valence electrons. The molecule has 0 aromatic carbocycles. The van der Waals surface area contributed by atoms with Gasteiger partial charge in [0.25, 0.3) is 0 Å². The van der Waals surface area contributed by atoms with Crippen LogP contribution in [0.2, 0.25) is 0 Å². The second-order valence-electron chi connectivity index (χ2n) is 6.60. The minimum absolute atomic E-state index is 0.341. The normalized spacial score (nSPS) is 20.5. The third-order valence-corrected chi connectivity index (χ3v) is 4.28. The second kappa shape index (κ2) is 5.04. The molecule has 0 spiro atoms. The number of hydrogen-bond acceptors (Lipinski definition) is 4. The largest absolute Gasteiger partial charge is 0.496 e. The smallest absolute Gasteiger partial charge is 0.481 e. The van der Waals surface area contributed by atoms with E-state index in [1.54, 1.807) is 13.3 Å². The van der Waals surface area contributed by atoms with E-state index in [4.69, 9.17) is 14.0 Å². The fourth-order valence-corrected chi connectivity index (χ4v) is 2.24. The van der Waals surface area contributed by atoms with Gasteiger partial charge in [-0.05, 0) is 39.2 Å². The van der Waals surface area contributed by atoms with Crippen molar-refractivity contribution in [3.8, 4) is 5.88 Å². The first-order valence-electron chi connectivity index (χ1n) is 7.07. The van der Waals surface area contributed by atoms with Gasteiger partial charge in [0.15, 0.2) is 0 Å². The molecule has 4 nitrogen and oxygen atoms in total. The van der Waals surface area contributed by atoms with Crippen molar-refractivity contribution >= 4 is 12.6 Å². The molecule has 0 atom stereocenters. The highest BCUT2D eigenvalue weighted by atomic mass is 16.7. The summed E-state index contributed by atoms with van der Waals surface area (Å²) in [5.74, 6) is 0.967. The molecule has 0 bridgehead atoms. The van der Waals surface area contributed by atoms with Crippen LogP contribution in [0.4, 0.5) is 0 Å². The van der Waals surface area contributed by atoms with Crippen molar-refractivity contribution in [1.29, 1.82) is 0 Å². The first-order chi connectivity index (χ1) is 9.18. The molecule has 1 fully saturated rings. The highest BCUT2D eigenvalue weighted by Gasteiger charge is 2.52. The van der Waals surface area contributed by atoms with Crippen LogP contribution in [0.3, 0.4) is 0 Å². The fourth-order valence-electron chi connectivity index (χ4n) is 2.24. The van der Waals surface area contributed by atoms with Gasteiger partial charge in [-0.15, -0.1) is 0 Å². The lowest BCUT2D eigenvalue weighted by Gasteiger charge is -2.32. The summed E-state index contributed by atoms with van der Waals surface area (Å²) in [5.41, 5.74) is 1.45. The van der Waals surface area contributed by atoms with Crippen molar-refractivity contribution in [2.75, 3.05) is 7.11 Å². The van der Waals surface area contributed by atoms with Crippen molar-refractivity contribution < 1.29 is 14.0 Å². The molecule has 1 aromatic heterocycles. The van der Waals surface area contributed by atoms with Gasteiger partial charge >= 0.3 is 7.12 Å². The Bertz CT molecular complexity index is 484. The predicted molar refractivity (Wildman–Crippen MR) is 80.6 cm³/mol. The Morgan fingerprint density at radius 1 is 1.15 bits per heavy atom. The molecule has 0 saturated carbocycles. The molecule has 1 aliphatic rings. The average molecular weight is 277 g/mol. The summed E-state index contributed by atoms with van der Waals surface area (Å²) in [4.78, 5) is 4.30. The lowest BCUT2D eigenvalue weighted by Crippen LogP contribution is -2.41. The van der Waals surface area contributed by atoms with E-state index in [-0.39, 0.29) is 18.3 Å². The van der Waals surface area contributed by atoms with Gasteiger partial charge in [0.2, 0.25) is 5.88 Å². The topological polar surface area (TPSA) is 40.6 Å². The monoisotopic (exact) mass is 277 g/mol. The van der Waals surface area contributed by atoms with Gasteiger partial charge in [-0.3, -0.25) is 0 Å². The first-order valence-corrected chi connectivity index (χ1v) is 7.07. The van der Waals surface area contributed by atoms with E-state index >= 15 is 0 Å². The van der Waals surface area contributed by atoms with Gasteiger partial charge in [0.05, 0.1) is 18.3 Å². The molecule has 0 radical (unpaired) electrons. The maximum absolute atomic E-state index is 6.11. The van der Waals surface area contributed by atoms with Crippen molar-refractivity contribution in [3.05, 3.63) is 17.8 Å². The van der Waals surface area contributed by atoms with Crippen molar-refractivity contribution in [2.24, 2.45) is 0 Å². The minimum Gasteiger partial charge on any atom is -0.481 e. The molecule has 2 rings (SSSR count). The number of pyridine rings is 1. The van der Waals surface area contributed by atoms with Gasteiger partial charge in [0.1, 0.15) is 0 Å². The lowest BCUT2D eigenvalue weighted by atomic mass is 9.74. The maximum atomic E-state index is 6.11. The molecule has 0 N–H and O–H groups in total. The predicted octanol–water partition coefficient (Wildman–Crippen LogP) is 2.51. The van der Waals surface area contributed by atoms with Crippen LogP contribution in [0.1, 0.15) is 53.0 Å². The fraction of sp³-hybridized carbons (Fsp3) is 0.667. The van der Waals surface area contributed by atoms with Crippen LogP contribution in [0.5, 0.6) is 5.88 Å². The lowest BCUT2D eigenvalue weighted by molar-refractivity contribution is 0.00578. The van der Waals surface area contributed by atoms with Gasteiger partial charge in [-0.25, -0.2) is 4.98 Å². The number of methoxy groups -OCH3 is 1. The number of aromatic nitrogens is 1. The number of hydrogen-bond donors (Lipinski definition) is 0. The Labute approximate surface area is 122 Å². The molecule has 0 unspecified atom stereocenters. The summed E-state index contributed by atoms with van der Waals surface area (Å²) in [5, 5.41) is 0. The van der Waals surface area contributed by atoms with E-state index < -0.39 is 0 Å². The maximum Gasteiger partial charge on any atom is 0.496 e. The minimum atomic E-state index is -0.379. The van der Waals surface area contributed by atoms with Crippen molar-refractivity contribution in [2.45, 2.75) is 58.7 Å². The Balaban J connectivity index is 2.39. The molecule has 1 aromatic rings. The molecule has 20 heavy (non-hydrogen) atoms. The molecular formula is C15H24BNO3. The van der Waals surface area contributed by atoms with Crippen LogP contribution in [0.15, 0.2) is 12.3 Å². The van der Waals surface area contributed by atoms with E-state index in [1.807, 2.05) is 6.07 Å². The zero-order chi connectivity index (χ0) is 15.1. The SMILES string of the molecule is COc1cc(C(C)C)c(B2OC(C)(C)C(C)(C)O2)cn1. The summed E-state index contributed by atoms with van der Waals surface area (Å²) in [6, 6.07) is 1.96. The summed E-state index contributed by atoms with van der Waals surface area (Å²) < 4.78 is 17.4. The van der Waals surface area contributed by atoms with Gasteiger partial charge in [-0.1, -0.05) is 13.8 Å². The van der Waals surface area contributed by atoms with E-state index in [2.05, 4.69) is 46.5 Å². The molecule has 0 aliphatic carbocycles. The van der Waals surface area contributed by atoms with Gasteiger partial charge in [-0.2, -0.15) is 0 Å². The summed E-state index contributed by atoms with van der Waals surface area (Å²) in [6.45, 7) is 12.5. The van der Waals surface area contributed by atoms with Crippen LogP contribution in [0, 0.1) is 0 Å². The third-order valence-electron chi connectivity index (χ3n) is 4.28. The Morgan fingerprint density at radius 2 is 1.70 bits per heavy atom.